The largest absolute Gasteiger partial charge is 0.330 e. The van der Waals surface area contributed by atoms with Gasteiger partial charge in [0.15, 0.2) is 0 Å². The summed E-state index contributed by atoms with van der Waals surface area (Å²) in [6, 6.07) is -0.278. The molecule has 0 aliphatic carbocycles. The SMILES string of the molecule is CCCCCCCCCC1(C)C(=O)N(C(N)(CCC)CCC)C(=O)N1C(N)(CCC)CCC. The molecule has 33 heavy (non-hydrogen) atoms. The highest BCUT2D eigenvalue weighted by molar-refractivity contribution is 6.07. The van der Waals surface area contributed by atoms with Crippen molar-refractivity contribution in [3.8, 4) is 0 Å². The molecule has 0 radical (unpaired) electrons. The van der Waals surface area contributed by atoms with E-state index in [1.165, 1.54) is 37.0 Å². The molecule has 1 saturated heterocycles. The van der Waals surface area contributed by atoms with Gasteiger partial charge in [0.05, 0.1) is 5.66 Å². The molecule has 1 fully saturated rings. The Hall–Kier alpha value is -1.14. The highest BCUT2D eigenvalue weighted by Crippen LogP contribution is 2.43. The van der Waals surface area contributed by atoms with Crippen LogP contribution >= 0.6 is 0 Å². The van der Waals surface area contributed by atoms with Crippen molar-refractivity contribution in [2.45, 2.75) is 161 Å². The molecule has 1 heterocycles. The molecule has 0 aromatic carbocycles. The van der Waals surface area contributed by atoms with Gasteiger partial charge in [-0.2, -0.15) is 0 Å². The fourth-order valence-electron chi connectivity index (χ4n) is 5.88. The smallest absolute Gasteiger partial charge is 0.309 e. The normalized spacial score (nSPS) is 19.8. The number of hydrogen-bond acceptors (Lipinski definition) is 4. The van der Waals surface area contributed by atoms with E-state index in [1.807, 2.05) is 6.92 Å². The molecule has 3 amide bonds. The second-order valence-corrected chi connectivity index (χ2v) is 10.6. The second-order valence-electron chi connectivity index (χ2n) is 10.6. The Bertz CT molecular complexity index is 597. The molecule has 1 rings (SSSR count). The van der Waals surface area contributed by atoms with Crippen molar-refractivity contribution < 1.29 is 9.59 Å². The molecule has 0 aromatic rings. The molecule has 1 atom stereocenters. The van der Waals surface area contributed by atoms with E-state index in [2.05, 4.69) is 34.6 Å². The molecule has 1 unspecified atom stereocenters. The number of nitrogens with zero attached hydrogens (tertiary/aromatic N) is 2. The van der Waals surface area contributed by atoms with Crippen LogP contribution in [-0.4, -0.2) is 38.6 Å². The van der Waals surface area contributed by atoms with Crippen LogP contribution in [0.3, 0.4) is 0 Å². The van der Waals surface area contributed by atoms with Crippen molar-refractivity contribution in [3.63, 3.8) is 0 Å². The van der Waals surface area contributed by atoms with E-state index in [1.54, 1.807) is 4.90 Å². The maximum atomic E-state index is 14.0. The summed E-state index contributed by atoms with van der Waals surface area (Å²) in [6.07, 6.45) is 14.8. The van der Waals surface area contributed by atoms with Crippen molar-refractivity contribution in [2.75, 3.05) is 0 Å². The topological polar surface area (TPSA) is 92.7 Å². The molecule has 6 heteroatoms. The first-order chi connectivity index (χ1) is 15.6. The Morgan fingerprint density at radius 3 is 1.55 bits per heavy atom. The van der Waals surface area contributed by atoms with Crippen molar-refractivity contribution in [1.29, 1.82) is 0 Å². The lowest BCUT2D eigenvalue weighted by atomic mass is 9.86. The van der Waals surface area contributed by atoms with E-state index in [0.29, 0.717) is 32.1 Å². The van der Waals surface area contributed by atoms with Crippen LogP contribution in [0.4, 0.5) is 4.79 Å². The van der Waals surface area contributed by atoms with Crippen molar-refractivity contribution in [3.05, 3.63) is 0 Å². The first-order valence-corrected chi connectivity index (χ1v) is 13.9. The molecular formula is C27H54N4O2. The van der Waals surface area contributed by atoms with E-state index in [9.17, 15) is 9.59 Å². The number of hydrogen-bond donors (Lipinski definition) is 2. The third kappa shape index (κ3) is 6.94. The monoisotopic (exact) mass is 466 g/mol. The molecule has 1 aliphatic rings. The van der Waals surface area contributed by atoms with Crippen LogP contribution in [-0.2, 0) is 4.79 Å². The van der Waals surface area contributed by atoms with Crippen LogP contribution in [0.1, 0.15) is 144 Å². The molecule has 6 nitrogen and oxygen atoms in total. The fourth-order valence-corrected chi connectivity index (χ4v) is 5.88. The van der Waals surface area contributed by atoms with E-state index < -0.39 is 16.9 Å². The van der Waals surface area contributed by atoms with Crippen LogP contribution < -0.4 is 11.5 Å². The quantitative estimate of drug-likeness (QED) is 0.174. The van der Waals surface area contributed by atoms with Gasteiger partial charge >= 0.3 is 6.03 Å². The Labute approximate surface area is 204 Å². The zero-order valence-corrected chi connectivity index (χ0v) is 22.7. The Morgan fingerprint density at radius 1 is 0.667 bits per heavy atom. The van der Waals surface area contributed by atoms with Gasteiger partial charge in [-0.15, -0.1) is 0 Å². The van der Waals surface area contributed by atoms with Gasteiger partial charge in [0.2, 0.25) is 0 Å². The van der Waals surface area contributed by atoms with Crippen molar-refractivity contribution in [1.82, 2.24) is 9.80 Å². The predicted octanol–water partition coefficient (Wildman–Crippen LogP) is 6.66. The summed E-state index contributed by atoms with van der Waals surface area (Å²) in [6.45, 7) is 12.5. The second kappa shape index (κ2) is 13.7. The first-order valence-electron chi connectivity index (χ1n) is 13.9. The van der Waals surface area contributed by atoms with Gasteiger partial charge in [0.25, 0.3) is 5.91 Å². The average Bonchev–Trinajstić information content (AvgIpc) is 2.94. The van der Waals surface area contributed by atoms with Crippen molar-refractivity contribution >= 4 is 11.9 Å². The van der Waals surface area contributed by atoms with E-state index >= 15 is 0 Å². The Morgan fingerprint density at radius 2 is 1.09 bits per heavy atom. The van der Waals surface area contributed by atoms with Crippen LogP contribution in [0.2, 0.25) is 0 Å². The van der Waals surface area contributed by atoms with Gasteiger partial charge < -0.3 is 11.5 Å². The number of nitrogens with two attached hydrogens (primary N) is 2. The Kier molecular flexibility index (Phi) is 12.4. The van der Waals surface area contributed by atoms with Crippen LogP contribution in [0.25, 0.3) is 0 Å². The molecular weight excluding hydrogens is 412 g/mol. The molecule has 0 saturated carbocycles. The lowest BCUT2D eigenvalue weighted by Gasteiger charge is -2.45. The van der Waals surface area contributed by atoms with E-state index in [4.69, 9.17) is 11.5 Å². The number of imide groups is 1. The number of carbonyl (C=O) groups is 2. The van der Waals surface area contributed by atoms with Crippen molar-refractivity contribution in [2.24, 2.45) is 11.5 Å². The minimum absolute atomic E-state index is 0.148. The highest BCUT2D eigenvalue weighted by Gasteiger charge is 2.62. The maximum absolute atomic E-state index is 14.0. The average molecular weight is 467 g/mol. The van der Waals surface area contributed by atoms with Gasteiger partial charge in [0, 0.05) is 0 Å². The number of unbranched alkanes of at least 4 members (excludes halogenated alkanes) is 6. The summed E-state index contributed by atoms with van der Waals surface area (Å²) >= 11 is 0. The Balaban J connectivity index is 3.28. The third-order valence-corrected chi connectivity index (χ3v) is 7.43. The summed E-state index contributed by atoms with van der Waals surface area (Å²) < 4.78 is 0. The summed E-state index contributed by atoms with van der Waals surface area (Å²) in [5.41, 5.74) is 11.1. The van der Waals surface area contributed by atoms with Gasteiger partial charge in [-0.05, 0) is 39.0 Å². The molecule has 194 valence electrons. The number of rotatable bonds is 18. The minimum Gasteiger partial charge on any atom is -0.309 e. The lowest BCUT2D eigenvalue weighted by Crippen LogP contribution is -2.64. The zero-order chi connectivity index (χ0) is 25.1. The highest BCUT2D eigenvalue weighted by atomic mass is 16.2. The zero-order valence-electron chi connectivity index (χ0n) is 22.7. The summed E-state index contributed by atoms with van der Waals surface area (Å²) in [7, 11) is 0. The van der Waals surface area contributed by atoms with Gasteiger partial charge in [-0.25, -0.2) is 9.69 Å². The fraction of sp³-hybridized carbons (Fsp3) is 0.926. The lowest BCUT2D eigenvalue weighted by molar-refractivity contribution is -0.138. The van der Waals surface area contributed by atoms with Gasteiger partial charge in [0.1, 0.15) is 11.2 Å². The summed E-state index contributed by atoms with van der Waals surface area (Å²) in [4.78, 5) is 31.2. The van der Waals surface area contributed by atoms with Crippen LogP contribution in [0.5, 0.6) is 0 Å². The van der Waals surface area contributed by atoms with E-state index in [-0.39, 0.29) is 11.9 Å². The molecule has 0 aromatic heterocycles. The number of amides is 3. The molecule has 1 aliphatic heterocycles. The number of urea groups is 1. The molecule has 4 N–H and O–H groups in total. The number of carbonyl (C=O) groups excluding carboxylic acids is 2. The third-order valence-electron chi connectivity index (χ3n) is 7.43. The van der Waals surface area contributed by atoms with Crippen LogP contribution in [0.15, 0.2) is 0 Å². The summed E-state index contributed by atoms with van der Waals surface area (Å²) in [5, 5.41) is 0. The van der Waals surface area contributed by atoms with Gasteiger partial charge in [-0.1, -0.05) is 105 Å². The molecule has 0 bridgehead atoms. The molecule has 0 spiro atoms. The minimum atomic E-state index is -0.951. The first kappa shape index (κ1) is 29.9. The summed E-state index contributed by atoms with van der Waals surface area (Å²) in [5.74, 6) is -0.148. The predicted molar refractivity (Wildman–Crippen MR) is 139 cm³/mol. The van der Waals surface area contributed by atoms with Gasteiger partial charge in [-0.3, -0.25) is 9.69 Å². The standard InChI is InChI=1S/C27H54N4O2/c1-7-12-13-14-15-16-17-22-25(6)23(32)30(26(28,18-8-2)19-9-3)24(33)31(25)27(29,20-10-4)21-11-5/h7-22,28-29H2,1-6H3. The van der Waals surface area contributed by atoms with Crippen LogP contribution in [0, 0.1) is 0 Å². The maximum Gasteiger partial charge on any atom is 0.330 e. The van der Waals surface area contributed by atoms with E-state index in [0.717, 1.165) is 38.5 Å².